The second kappa shape index (κ2) is 6.20. The third kappa shape index (κ3) is 3.12. The van der Waals surface area contributed by atoms with Crippen molar-refractivity contribution < 1.29 is 14.3 Å². The Hall–Kier alpha value is -3.48. The minimum atomic E-state index is -0.384. The van der Waals surface area contributed by atoms with Crippen LogP contribution in [0.1, 0.15) is 11.3 Å². The van der Waals surface area contributed by atoms with Gasteiger partial charge in [-0.1, -0.05) is 12.1 Å². The molecule has 0 bridgehead atoms. The van der Waals surface area contributed by atoms with Crippen LogP contribution < -0.4 is 15.0 Å². The first kappa shape index (κ1) is 15.1. The summed E-state index contributed by atoms with van der Waals surface area (Å²) in [6.07, 6.45) is 4.57. The molecule has 124 valence electrons. The number of H-pyrrole nitrogens is 1. The molecule has 0 aliphatic carbocycles. The van der Waals surface area contributed by atoms with Crippen LogP contribution in [0.4, 0.5) is 0 Å². The number of fused-ring (bicyclic) bond motifs is 2. The van der Waals surface area contributed by atoms with Gasteiger partial charge in [0.15, 0.2) is 22.9 Å². The van der Waals surface area contributed by atoms with Gasteiger partial charge in [-0.15, -0.1) is 0 Å². The lowest BCUT2D eigenvalue weighted by Gasteiger charge is -2.00. The van der Waals surface area contributed by atoms with Crippen molar-refractivity contribution in [2.24, 2.45) is 0 Å². The molecule has 0 saturated heterocycles. The van der Waals surface area contributed by atoms with Crippen LogP contribution in [0.2, 0.25) is 0 Å². The fraction of sp³-hybridized carbons (Fsp3) is 0.111. The highest BCUT2D eigenvalue weighted by molar-refractivity contribution is 5.95. The molecule has 1 aliphatic rings. The smallest absolute Gasteiger partial charge is 0.270 e. The summed E-state index contributed by atoms with van der Waals surface area (Å²) in [6, 6.07) is 8.81. The number of aromatic nitrogens is 3. The van der Waals surface area contributed by atoms with Gasteiger partial charge in [0.1, 0.15) is 5.69 Å². The average Bonchev–Trinajstić information content (AvgIpc) is 3.08. The Labute approximate surface area is 142 Å². The Kier molecular flexibility index (Phi) is 3.74. The topological polar surface area (TPSA) is 94.2 Å². The van der Waals surface area contributed by atoms with Crippen molar-refractivity contribution in [1.29, 1.82) is 0 Å². The van der Waals surface area contributed by atoms with E-state index in [0.717, 1.165) is 5.56 Å². The number of hydrogen-bond donors (Lipinski definition) is 1. The molecule has 1 N–H and O–H groups in total. The van der Waals surface area contributed by atoms with Crippen molar-refractivity contribution in [1.82, 2.24) is 15.0 Å². The second-order valence-corrected chi connectivity index (χ2v) is 5.48. The summed E-state index contributed by atoms with van der Waals surface area (Å²) in [7, 11) is 0. The molecule has 0 saturated carbocycles. The third-order valence-corrected chi connectivity index (χ3v) is 3.74. The summed E-state index contributed by atoms with van der Waals surface area (Å²) in [6.45, 7) is 0.200. The molecule has 0 atom stereocenters. The number of allylic oxidation sites excluding steroid dienone is 1. The Morgan fingerprint density at radius 1 is 1.24 bits per heavy atom. The van der Waals surface area contributed by atoms with Gasteiger partial charge in [0.2, 0.25) is 6.79 Å². The summed E-state index contributed by atoms with van der Waals surface area (Å²) in [5, 5.41) is 0. The molecule has 0 radical (unpaired) electrons. The maximum Gasteiger partial charge on any atom is 0.270 e. The average molecular weight is 335 g/mol. The molecule has 0 amide bonds. The molecule has 0 fully saturated rings. The standard InChI is InChI=1S/C18H13N3O4/c22-12(5-3-11-4-6-15-16(8-11)25-10-24-15)9-14-18(23)21-13-2-1-7-19-17(13)20-14/h1-8H,9-10H2,(H,21,23). The van der Waals surface area contributed by atoms with E-state index in [0.29, 0.717) is 22.7 Å². The van der Waals surface area contributed by atoms with Crippen LogP contribution in [0, 0.1) is 0 Å². The van der Waals surface area contributed by atoms with E-state index in [1.165, 1.54) is 6.08 Å². The van der Waals surface area contributed by atoms with Gasteiger partial charge in [-0.3, -0.25) is 9.59 Å². The Bertz CT molecular complexity index is 1060. The van der Waals surface area contributed by atoms with Crippen LogP contribution >= 0.6 is 0 Å². The molecular formula is C18H13N3O4. The van der Waals surface area contributed by atoms with Crippen molar-refractivity contribution in [2.45, 2.75) is 6.42 Å². The second-order valence-electron chi connectivity index (χ2n) is 5.48. The summed E-state index contributed by atoms with van der Waals surface area (Å²) >= 11 is 0. The molecule has 25 heavy (non-hydrogen) atoms. The SMILES string of the molecule is O=C(C=Cc1ccc2c(c1)OCO2)Cc1nc2ncccc2[nH]c1=O. The predicted molar refractivity (Wildman–Crippen MR) is 90.5 cm³/mol. The fourth-order valence-electron chi connectivity index (χ4n) is 2.51. The Balaban J connectivity index is 1.52. The van der Waals surface area contributed by atoms with Crippen LogP contribution in [-0.4, -0.2) is 27.5 Å². The van der Waals surface area contributed by atoms with E-state index >= 15 is 0 Å². The van der Waals surface area contributed by atoms with Crippen LogP contribution in [0.15, 0.2) is 47.4 Å². The Morgan fingerprint density at radius 2 is 2.12 bits per heavy atom. The van der Waals surface area contributed by atoms with Gasteiger partial charge < -0.3 is 14.5 Å². The van der Waals surface area contributed by atoms with Crippen molar-refractivity contribution in [2.75, 3.05) is 6.79 Å². The van der Waals surface area contributed by atoms with Crippen molar-refractivity contribution >= 4 is 23.0 Å². The molecule has 0 spiro atoms. The first-order chi connectivity index (χ1) is 12.2. The lowest BCUT2D eigenvalue weighted by Crippen LogP contribution is -2.18. The van der Waals surface area contributed by atoms with E-state index in [1.807, 2.05) is 6.07 Å². The highest BCUT2D eigenvalue weighted by Crippen LogP contribution is 2.32. The number of ether oxygens (including phenoxy) is 2. The number of nitrogens with zero attached hydrogens (tertiary/aromatic N) is 2. The zero-order valence-corrected chi connectivity index (χ0v) is 13.1. The number of ketones is 1. The quantitative estimate of drug-likeness (QED) is 0.732. The van der Waals surface area contributed by atoms with Crippen LogP contribution in [-0.2, 0) is 11.2 Å². The normalized spacial score (nSPS) is 12.8. The fourth-order valence-corrected chi connectivity index (χ4v) is 2.51. The third-order valence-electron chi connectivity index (χ3n) is 3.74. The maximum atomic E-state index is 12.2. The van der Waals surface area contributed by atoms with Gasteiger partial charge in [-0.25, -0.2) is 9.97 Å². The predicted octanol–water partition coefficient (Wildman–Crippen LogP) is 1.87. The zero-order chi connectivity index (χ0) is 17.2. The van der Waals surface area contributed by atoms with Gasteiger partial charge in [0.25, 0.3) is 5.56 Å². The first-order valence-electron chi connectivity index (χ1n) is 7.63. The number of hydrogen-bond acceptors (Lipinski definition) is 6. The van der Waals surface area contributed by atoms with Crippen molar-refractivity contribution in [3.63, 3.8) is 0 Å². The van der Waals surface area contributed by atoms with E-state index in [4.69, 9.17) is 9.47 Å². The zero-order valence-electron chi connectivity index (χ0n) is 13.1. The Morgan fingerprint density at radius 3 is 3.04 bits per heavy atom. The molecule has 3 aromatic rings. The monoisotopic (exact) mass is 335 g/mol. The van der Waals surface area contributed by atoms with Crippen molar-refractivity contribution in [3.05, 3.63) is 64.2 Å². The largest absolute Gasteiger partial charge is 0.454 e. The number of carbonyl (C=O) groups excluding carboxylic acids is 1. The number of pyridine rings is 1. The molecule has 7 heteroatoms. The van der Waals surface area contributed by atoms with E-state index in [2.05, 4.69) is 15.0 Å². The molecule has 7 nitrogen and oxygen atoms in total. The summed E-state index contributed by atoms with van der Waals surface area (Å²) in [5.41, 5.74) is 1.51. The number of rotatable bonds is 4. The minimum Gasteiger partial charge on any atom is -0.454 e. The molecule has 3 heterocycles. The summed E-state index contributed by atoms with van der Waals surface area (Å²) < 4.78 is 10.5. The van der Waals surface area contributed by atoms with E-state index in [1.54, 1.807) is 36.5 Å². The van der Waals surface area contributed by atoms with E-state index in [-0.39, 0.29) is 30.3 Å². The van der Waals surface area contributed by atoms with Gasteiger partial charge in [0, 0.05) is 6.20 Å². The number of aromatic amines is 1. The number of benzene rings is 1. The molecular weight excluding hydrogens is 322 g/mol. The first-order valence-corrected chi connectivity index (χ1v) is 7.63. The number of nitrogens with one attached hydrogen (secondary N) is 1. The maximum absolute atomic E-state index is 12.2. The molecule has 2 aromatic heterocycles. The molecule has 1 aromatic carbocycles. The summed E-state index contributed by atoms with van der Waals surface area (Å²) in [5.74, 6) is 1.10. The van der Waals surface area contributed by atoms with Crippen LogP contribution in [0.3, 0.4) is 0 Å². The van der Waals surface area contributed by atoms with Crippen LogP contribution in [0.5, 0.6) is 11.5 Å². The van der Waals surface area contributed by atoms with Gasteiger partial charge in [-0.05, 0) is 35.9 Å². The molecule has 4 rings (SSSR count). The summed E-state index contributed by atoms with van der Waals surface area (Å²) in [4.78, 5) is 35.1. The molecule has 0 unspecified atom stereocenters. The number of carbonyl (C=O) groups is 1. The lowest BCUT2D eigenvalue weighted by molar-refractivity contribution is -0.114. The molecule has 1 aliphatic heterocycles. The van der Waals surface area contributed by atoms with E-state index in [9.17, 15) is 9.59 Å². The van der Waals surface area contributed by atoms with Gasteiger partial charge in [0.05, 0.1) is 11.9 Å². The van der Waals surface area contributed by atoms with Gasteiger partial charge in [-0.2, -0.15) is 0 Å². The van der Waals surface area contributed by atoms with E-state index < -0.39 is 0 Å². The highest BCUT2D eigenvalue weighted by atomic mass is 16.7. The minimum absolute atomic E-state index is 0.0943. The van der Waals surface area contributed by atoms with Gasteiger partial charge >= 0.3 is 0 Å². The van der Waals surface area contributed by atoms with Crippen molar-refractivity contribution in [3.8, 4) is 11.5 Å². The highest BCUT2D eigenvalue weighted by Gasteiger charge is 2.13. The van der Waals surface area contributed by atoms with Crippen LogP contribution in [0.25, 0.3) is 17.2 Å². The lowest BCUT2D eigenvalue weighted by atomic mass is 10.1.